The van der Waals surface area contributed by atoms with Gasteiger partial charge in [0, 0.05) is 20.5 Å². The van der Waals surface area contributed by atoms with Crippen molar-refractivity contribution in [1.82, 2.24) is 19.7 Å². The molecule has 0 amide bonds. The Kier molecular flexibility index (Phi) is 4.48. The lowest BCUT2D eigenvalue weighted by Crippen LogP contribution is -2.09. The quantitative estimate of drug-likeness (QED) is 0.418. The molecule has 0 saturated carbocycles. The van der Waals surface area contributed by atoms with Crippen molar-refractivity contribution in [2.24, 2.45) is 4.99 Å². The number of nitrogens with zero attached hydrogens (tertiary/aromatic N) is 5. The molecular weight excluding hydrogens is 450 g/mol. The van der Waals surface area contributed by atoms with E-state index in [1.54, 1.807) is 23.8 Å². The summed E-state index contributed by atoms with van der Waals surface area (Å²) in [6.07, 6.45) is 3.77. The van der Waals surface area contributed by atoms with E-state index in [0.29, 0.717) is 12.3 Å². The Hall–Kier alpha value is -2.58. The first-order valence-corrected chi connectivity index (χ1v) is 10.9. The molecule has 3 aromatic heterocycles. The number of aliphatic imine (C=N–C) groups is 1. The second-order valence-electron chi connectivity index (χ2n) is 7.03. The molecule has 0 bridgehead atoms. The van der Waals surface area contributed by atoms with Crippen LogP contribution in [0.2, 0.25) is 0 Å². The number of thiophene rings is 1. The molecule has 0 radical (unpaired) electrons. The van der Waals surface area contributed by atoms with Crippen LogP contribution < -0.4 is 0 Å². The number of rotatable bonds is 3. The molecule has 4 heterocycles. The van der Waals surface area contributed by atoms with Crippen LogP contribution in [-0.4, -0.2) is 25.5 Å². The van der Waals surface area contributed by atoms with Gasteiger partial charge < -0.3 is 4.42 Å². The van der Waals surface area contributed by atoms with Gasteiger partial charge in [0.05, 0.1) is 18.3 Å². The zero-order chi connectivity index (χ0) is 20.1. The molecule has 1 aliphatic heterocycles. The molecule has 4 aromatic rings. The van der Waals surface area contributed by atoms with Crippen molar-refractivity contribution < 1.29 is 4.42 Å². The number of aromatic nitrogens is 4. The molecule has 146 valence electrons. The lowest BCUT2D eigenvalue weighted by molar-refractivity contribution is 0.467. The van der Waals surface area contributed by atoms with Crippen LogP contribution in [0.3, 0.4) is 0 Å². The van der Waals surface area contributed by atoms with Crippen molar-refractivity contribution in [3.8, 4) is 5.00 Å². The minimum Gasteiger partial charge on any atom is -0.449 e. The summed E-state index contributed by atoms with van der Waals surface area (Å²) in [5, 5.41) is 9.97. The van der Waals surface area contributed by atoms with Gasteiger partial charge in [0.2, 0.25) is 0 Å². The topological polar surface area (TPSA) is 69.1 Å². The fourth-order valence-electron chi connectivity index (χ4n) is 3.65. The molecule has 0 fully saturated rings. The third-order valence-electron chi connectivity index (χ3n) is 5.21. The van der Waals surface area contributed by atoms with Crippen LogP contribution in [0.4, 0.5) is 0 Å². The summed E-state index contributed by atoms with van der Waals surface area (Å²) in [5.41, 5.74) is 4.43. The van der Waals surface area contributed by atoms with E-state index < -0.39 is 0 Å². The first-order chi connectivity index (χ1) is 14.0. The maximum atomic E-state index is 5.52. The van der Waals surface area contributed by atoms with Gasteiger partial charge in [-0.15, -0.1) is 21.5 Å². The lowest BCUT2D eigenvalue weighted by Gasteiger charge is -2.11. The summed E-state index contributed by atoms with van der Waals surface area (Å²) in [7, 11) is 0. The maximum Gasteiger partial charge on any atom is 0.196 e. The van der Waals surface area contributed by atoms with Crippen molar-refractivity contribution in [1.29, 1.82) is 0 Å². The number of benzene rings is 1. The third-order valence-corrected chi connectivity index (χ3v) is 6.93. The fraction of sp³-hybridized carbons (Fsp3) is 0.238. The van der Waals surface area contributed by atoms with Gasteiger partial charge >= 0.3 is 0 Å². The van der Waals surface area contributed by atoms with Crippen LogP contribution in [0, 0.1) is 20.8 Å². The average molecular weight is 468 g/mol. The molecule has 0 aliphatic carbocycles. The zero-order valence-electron chi connectivity index (χ0n) is 16.2. The van der Waals surface area contributed by atoms with Gasteiger partial charge in [-0.3, -0.25) is 9.56 Å². The molecule has 29 heavy (non-hydrogen) atoms. The largest absolute Gasteiger partial charge is 0.449 e. The highest BCUT2D eigenvalue weighted by molar-refractivity contribution is 9.10. The van der Waals surface area contributed by atoms with Gasteiger partial charge in [-0.2, -0.15) is 0 Å². The van der Waals surface area contributed by atoms with Crippen LogP contribution in [0.25, 0.3) is 5.00 Å². The zero-order valence-corrected chi connectivity index (χ0v) is 18.6. The monoisotopic (exact) mass is 467 g/mol. The first kappa shape index (κ1) is 18.4. The normalized spacial score (nSPS) is 15.6. The molecule has 0 saturated heterocycles. The highest BCUT2D eigenvalue weighted by Gasteiger charge is 2.32. The number of oxazole rings is 1. The highest BCUT2D eigenvalue weighted by Crippen LogP contribution is 2.39. The van der Waals surface area contributed by atoms with Crippen LogP contribution >= 0.6 is 27.3 Å². The van der Waals surface area contributed by atoms with Crippen molar-refractivity contribution in [2.75, 3.05) is 0 Å². The molecule has 5 rings (SSSR count). The lowest BCUT2D eigenvalue weighted by atomic mass is 10.00. The van der Waals surface area contributed by atoms with E-state index >= 15 is 0 Å². The number of aryl methyl sites for hydroxylation is 2. The standard InChI is InChI=1S/C21H18BrN5OS/c1-11-12(2)29-21-18(11)19(14-4-6-15(22)7-5-14)24-16(10-17-23-8-9-28-17)20-26-25-13(3)27(20)21/h4-9,16H,10H2,1-3H3. The number of hydrogen-bond donors (Lipinski definition) is 0. The Balaban J connectivity index is 1.78. The summed E-state index contributed by atoms with van der Waals surface area (Å²) >= 11 is 5.29. The SMILES string of the molecule is Cc1sc2c(c1C)C(c1ccc(Br)cc1)=NC(Cc1ncco1)c1nnc(C)n1-2. The Morgan fingerprint density at radius 1 is 1.14 bits per heavy atom. The van der Waals surface area contributed by atoms with E-state index in [0.717, 1.165) is 38.0 Å². The summed E-state index contributed by atoms with van der Waals surface area (Å²) in [4.78, 5) is 10.8. The maximum absolute atomic E-state index is 5.52. The van der Waals surface area contributed by atoms with Gasteiger partial charge in [-0.1, -0.05) is 28.1 Å². The van der Waals surface area contributed by atoms with Gasteiger partial charge in [-0.25, -0.2) is 4.98 Å². The van der Waals surface area contributed by atoms with Gasteiger partial charge in [0.1, 0.15) is 23.1 Å². The highest BCUT2D eigenvalue weighted by atomic mass is 79.9. The summed E-state index contributed by atoms with van der Waals surface area (Å²) in [6, 6.07) is 8.05. The molecule has 8 heteroatoms. The molecule has 1 aromatic carbocycles. The van der Waals surface area contributed by atoms with Gasteiger partial charge in [-0.05, 0) is 38.5 Å². The first-order valence-electron chi connectivity index (χ1n) is 9.27. The fourth-order valence-corrected chi connectivity index (χ4v) is 5.13. The van der Waals surface area contributed by atoms with E-state index in [1.165, 1.54) is 10.4 Å². The van der Waals surface area contributed by atoms with E-state index in [1.807, 2.05) is 19.1 Å². The molecule has 0 N–H and O–H groups in total. The Bertz CT molecular complexity index is 1220. The third kappa shape index (κ3) is 3.07. The van der Waals surface area contributed by atoms with E-state index in [-0.39, 0.29) is 6.04 Å². The number of hydrogen-bond acceptors (Lipinski definition) is 6. The van der Waals surface area contributed by atoms with Gasteiger partial charge in [0.15, 0.2) is 11.7 Å². The Morgan fingerprint density at radius 3 is 2.66 bits per heavy atom. The van der Waals surface area contributed by atoms with Crippen molar-refractivity contribution in [3.05, 3.63) is 80.3 Å². The van der Waals surface area contributed by atoms with E-state index in [4.69, 9.17) is 9.41 Å². The van der Waals surface area contributed by atoms with E-state index in [9.17, 15) is 0 Å². The van der Waals surface area contributed by atoms with Gasteiger partial charge in [0.25, 0.3) is 0 Å². The van der Waals surface area contributed by atoms with Crippen LogP contribution in [0.5, 0.6) is 0 Å². The Labute approximate surface area is 180 Å². The van der Waals surface area contributed by atoms with Crippen molar-refractivity contribution >= 4 is 33.0 Å². The van der Waals surface area contributed by atoms with Crippen molar-refractivity contribution in [3.63, 3.8) is 0 Å². The van der Waals surface area contributed by atoms with Crippen LogP contribution in [0.15, 0.2) is 50.6 Å². The van der Waals surface area contributed by atoms with E-state index in [2.05, 4.69) is 61.7 Å². The molecule has 1 unspecified atom stereocenters. The molecular formula is C21H18BrN5OS. The number of fused-ring (bicyclic) bond motifs is 3. The second-order valence-corrected chi connectivity index (χ2v) is 9.15. The molecule has 0 spiro atoms. The number of halogens is 1. The second kappa shape index (κ2) is 7.03. The molecule has 1 atom stereocenters. The van der Waals surface area contributed by atoms with Crippen LogP contribution in [-0.2, 0) is 6.42 Å². The molecule has 1 aliphatic rings. The predicted molar refractivity (Wildman–Crippen MR) is 116 cm³/mol. The summed E-state index contributed by atoms with van der Waals surface area (Å²) < 4.78 is 8.70. The van der Waals surface area contributed by atoms with Crippen LogP contribution in [0.1, 0.15) is 45.1 Å². The summed E-state index contributed by atoms with van der Waals surface area (Å²) in [6.45, 7) is 6.29. The average Bonchev–Trinajstić information content (AvgIpc) is 3.39. The molecule has 6 nitrogen and oxygen atoms in total. The minimum atomic E-state index is -0.243. The van der Waals surface area contributed by atoms with Crippen molar-refractivity contribution in [2.45, 2.75) is 33.2 Å². The Morgan fingerprint density at radius 2 is 1.93 bits per heavy atom. The summed E-state index contributed by atoms with van der Waals surface area (Å²) in [5.74, 6) is 2.31. The smallest absolute Gasteiger partial charge is 0.196 e. The minimum absolute atomic E-state index is 0.243. The predicted octanol–water partition coefficient (Wildman–Crippen LogP) is 5.14.